The van der Waals surface area contributed by atoms with Gasteiger partial charge in [0.05, 0.1) is 31.3 Å². The van der Waals surface area contributed by atoms with Gasteiger partial charge in [0.2, 0.25) is 0 Å². The molecule has 142 valence electrons. The molecule has 0 fully saturated rings. The van der Waals surface area contributed by atoms with Crippen LogP contribution in [0.2, 0.25) is 0 Å². The number of fused-ring (bicyclic) bond motifs is 2. The van der Waals surface area contributed by atoms with Crippen LogP contribution in [0.5, 0.6) is 11.5 Å². The first-order chi connectivity index (χ1) is 13.6. The van der Waals surface area contributed by atoms with Crippen molar-refractivity contribution >= 4 is 27.6 Å². The van der Waals surface area contributed by atoms with Gasteiger partial charge < -0.3 is 14.8 Å². The Morgan fingerprint density at radius 3 is 2.50 bits per heavy atom. The van der Waals surface area contributed by atoms with Gasteiger partial charge in [0, 0.05) is 28.6 Å². The molecule has 0 spiro atoms. The molecular weight excluding hydrogens is 352 g/mol. The third-order valence-corrected chi connectivity index (χ3v) is 4.80. The highest BCUT2D eigenvalue weighted by Gasteiger charge is 2.16. The van der Waals surface area contributed by atoms with Crippen molar-refractivity contribution in [3.05, 3.63) is 60.0 Å². The summed E-state index contributed by atoms with van der Waals surface area (Å²) in [5.41, 5.74) is 2.90. The normalized spacial score (nSPS) is 12.1. The summed E-state index contributed by atoms with van der Waals surface area (Å²) in [6.45, 7) is 3.99. The number of benzene rings is 2. The van der Waals surface area contributed by atoms with Crippen LogP contribution < -0.4 is 14.8 Å². The summed E-state index contributed by atoms with van der Waals surface area (Å²) in [5.74, 6) is 2.73. The van der Waals surface area contributed by atoms with E-state index < -0.39 is 0 Å². The fourth-order valence-electron chi connectivity index (χ4n) is 3.44. The molecule has 1 atom stereocenters. The zero-order chi connectivity index (χ0) is 19.7. The van der Waals surface area contributed by atoms with Crippen LogP contribution in [0.3, 0.4) is 0 Å². The maximum atomic E-state index is 5.46. The number of rotatable bonds is 5. The van der Waals surface area contributed by atoms with Crippen molar-refractivity contribution in [2.45, 2.75) is 19.9 Å². The van der Waals surface area contributed by atoms with Crippen molar-refractivity contribution < 1.29 is 9.47 Å². The van der Waals surface area contributed by atoms with Gasteiger partial charge in [0.25, 0.3) is 0 Å². The molecular formula is C22H22N4O2. The number of methoxy groups -OCH3 is 2. The molecule has 1 unspecified atom stereocenters. The van der Waals surface area contributed by atoms with Crippen molar-refractivity contribution in [1.29, 1.82) is 0 Å². The number of nitrogens with zero attached hydrogens (tertiary/aromatic N) is 3. The van der Waals surface area contributed by atoms with E-state index in [0.29, 0.717) is 17.3 Å². The number of hydrogen-bond donors (Lipinski definition) is 1. The summed E-state index contributed by atoms with van der Waals surface area (Å²) < 4.78 is 10.9. The summed E-state index contributed by atoms with van der Waals surface area (Å²) in [4.78, 5) is 13.8. The fraction of sp³-hybridized carbons (Fsp3) is 0.227. The maximum Gasteiger partial charge on any atom is 0.162 e. The number of para-hydroxylation sites is 1. The summed E-state index contributed by atoms with van der Waals surface area (Å²) in [7, 11) is 3.24. The zero-order valence-corrected chi connectivity index (χ0v) is 16.4. The number of aromatic nitrogens is 3. The Balaban J connectivity index is 1.80. The van der Waals surface area contributed by atoms with Gasteiger partial charge in [0.1, 0.15) is 11.6 Å². The van der Waals surface area contributed by atoms with E-state index in [1.165, 1.54) is 0 Å². The monoisotopic (exact) mass is 374 g/mol. The highest BCUT2D eigenvalue weighted by atomic mass is 16.5. The van der Waals surface area contributed by atoms with Crippen LogP contribution in [-0.4, -0.2) is 29.2 Å². The number of hydrogen-bond acceptors (Lipinski definition) is 6. The molecule has 0 aliphatic heterocycles. The van der Waals surface area contributed by atoms with Gasteiger partial charge in [-0.3, -0.25) is 4.98 Å². The second kappa shape index (κ2) is 7.31. The van der Waals surface area contributed by atoms with E-state index >= 15 is 0 Å². The number of aryl methyl sites for hydroxylation is 1. The van der Waals surface area contributed by atoms with Crippen LogP contribution in [0.1, 0.15) is 24.4 Å². The lowest BCUT2D eigenvalue weighted by Gasteiger charge is -2.19. The minimum atomic E-state index is 0.00389. The van der Waals surface area contributed by atoms with E-state index in [1.54, 1.807) is 14.2 Å². The van der Waals surface area contributed by atoms with E-state index in [0.717, 1.165) is 33.2 Å². The van der Waals surface area contributed by atoms with Crippen molar-refractivity contribution in [3.8, 4) is 11.5 Å². The van der Waals surface area contributed by atoms with Gasteiger partial charge in [-0.15, -0.1) is 0 Å². The molecule has 2 aromatic carbocycles. The first-order valence-electron chi connectivity index (χ1n) is 9.11. The van der Waals surface area contributed by atoms with E-state index in [1.807, 2.05) is 31.3 Å². The highest BCUT2D eigenvalue weighted by molar-refractivity contribution is 5.92. The topological polar surface area (TPSA) is 69.2 Å². The zero-order valence-electron chi connectivity index (χ0n) is 16.4. The molecule has 6 heteroatoms. The molecule has 0 aliphatic rings. The SMILES string of the molecule is COc1cc2nc(C)nc(NC(C)c3cccc4cccnc34)c2cc1OC. The highest BCUT2D eigenvalue weighted by Crippen LogP contribution is 2.35. The molecule has 0 amide bonds. The Bertz CT molecular complexity index is 1150. The van der Waals surface area contributed by atoms with Crippen LogP contribution in [-0.2, 0) is 0 Å². The molecule has 0 bridgehead atoms. The minimum absolute atomic E-state index is 0.00389. The Kier molecular flexibility index (Phi) is 4.69. The molecule has 0 aliphatic carbocycles. The van der Waals surface area contributed by atoms with Gasteiger partial charge in [-0.2, -0.15) is 0 Å². The van der Waals surface area contributed by atoms with Gasteiger partial charge in [0.15, 0.2) is 11.5 Å². The Morgan fingerprint density at radius 1 is 0.964 bits per heavy atom. The van der Waals surface area contributed by atoms with Crippen LogP contribution in [0.25, 0.3) is 21.8 Å². The number of ether oxygens (including phenoxy) is 2. The minimum Gasteiger partial charge on any atom is -0.493 e. The van der Waals surface area contributed by atoms with Crippen molar-refractivity contribution in [3.63, 3.8) is 0 Å². The van der Waals surface area contributed by atoms with Gasteiger partial charge >= 0.3 is 0 Å². The largest absolute Gasteiger partial charge is 0.493 e. The summed E-state index contributed by atoms with van der Waals surface area (Å²) in [6, 6.07) is 14.0. The van der Waals surface area contributed by atoms with Crippen LogP contribution in [0.15, 0.2) is 48.7 Å². The summed E-state index contributed by atoms with van der Waals surface area (Å²) >= 11 is 0. The van der Waals surface area contributed by atoms with E-state index in [4.69, 9.17) is 9.47 Å². The van der Waals surface area contributed by atoms with E-state index in [-0.39, 0.29) is 6.04 Å². The molecule has 4 rings (SSSR count). The molecule has 6 nitrogen and oxygen atoms in total. The second-order valence-electron chi connectivity index (χ2n) is 6.63. The molecule has 2 aromatic heterocycles. The Labute approximate surface area is 163 Å². The predicted molar refractivity (Wildman–Crippen MR) is 111 cm³/mol. The van der Waals surface area contributed by atoms with Gasteiger partial charge in [-0.1, -0.05) is 24.3 Å². The van der Waals surface area contributed by atoms with Gasteiger partial charge in [-0.05, 0) is 26.0 Å². The van der Waals surface area contributed by atoms with Crippen LogP contribution >= 0.6 is 0 Å². The maximum absolute atomic E-state index is 5.46. The molecule has 0 saturated carbocycles. The first-order valence-corrected chi connectivity index (χ1v) is 9.11. The van der Waals surface area contributed by atoms with Crippen molar-refractivity contribution in [2.24, 2.45) is 0 Å². The fourth-order valence-corrected chi connectivity index (χ4v) is 3.44. The quantitative estimate of drug-likeness (QED) is 0.547. The Hall–Kier alpha value is -3.41. The molecule has 28 heavy (non-hydrogen) atoms. The molecule has 0 radical (unpaired) electrons. The number of anilines is 1. The second-order valence-corrected chi connectivity index (χ2v) is 6.63. The average Bonchev–Trinajstić information content (AvgIpc) is 2.72. The molecule has 0 saturated heterocycles. The molecule has 1 N–H and O–H groups in total. The lowest BCUT2D eigenvalue weighted by atomic mass is 10.0. The Morgan fingerprint density at radius 2 is 1.71 bits per heavy atom. The number of pyridine rings is 1. The van der Waals surface area contributed by atoms with E-state index in [9.17, 15) is 0 Å². The van der Waals surface area contributed by atoms with E-state index in [2.05, 4.69) is 51.5 Å². The third-order valence-electron chi connectivity index (χ3n) is 4.80. The van der Waals surface area contributed by atoms with Crippen LogP contribution in [0, 0.1) is 6.92 Å². The predicted octanol–water partition coefficient (Wildman–Crippen LogP) is 4.68. The van der Waals surface area contributed by atoms with Crippen molar-refractivity contribution in [1.82, 2.24) is 15.0 Å². The summed E-state index contributed by atoms with van der Waals surface area (Å²) in [5, 5.41) is 5.53. The average molecular weight is 374 g/mol. The first kappa shape index (κ1) is 18.0. The van der Waals surface area contributed by atoms with Crippen LogP contribution in [0.4, 0.5) is 5.82 Å². The van der Waals surface area contributed by atoms with Crippen molar-refractivity contribution in [2.75, 3.05) is 19.5 Å². The lowest BCUT2D eigenvalue weighted by Crippen LogP contribution is -2.10. The van der Waals surface area contributed by atoms with Gasteiger partial charge in [-0.25, -0.2) is 9.97 Å². The summed E-state index contributed by atoms with van der Waals surface area (Å²) in [6.07, 6.45) is 1.82. The molecule has 4 aromatic rings. The standard InChI is InChI=1S/C22H22N4O2/c1-13(16-9-5-7-15-8-6-10-23-21(15)16)24-22-17-11-19(27-3)20(28-4)12-18(17)25-14(2)26-22/h5-13H,1-4H3,(H,24,25,26). The molecule has 2 heterocycles. The smallest absolute Gasteiger partial charge is 0.162 e. The lowest BCUT2D eigenvalue weighted by molar-refractivity contribution is 0.356. The third kappa shape index (κ3) is 3.17. The number of nitrogens with one attached hydrogen (secondary N) is 1.